The SMILES string of the molecule is CCNC[C@@H](N)c1ccc(F)c(Cl)c1. The van der Waals surface area contributed by atoms with E-state index >= 15 is 0 Å². The summed E-state index contributed by atoms with van der Waals surface area (Å²) in [6.07, 6.45) is 0. The molecule has 1 aromatic carbocycles. The molecule has 0 bridgehead atoms. The van der Waals surface area contributed by atoms with Gasteiger partial charge in [0.2, 0.25) is 0 Å². The van der Waals surface area contributed by atoms with E-state index in [0.29, 0.717) is 6.54 Å². The Morgan fingerprint density at radius 1 is 1.57 bits per heavy atom. The van der Waals surface area contributed by atoms with Crippen LogP contribution >= 0.6 is 11.6 Å². The van der Waals surface area contributed by atoms with Gasteiger partial charge in [-0.1, -0.05) is 24.6 Å². The van der Waals surface area contributed by atoms with Gasteiger partial charge in [-0.3, -0.25) is 0 Å². The Morgan fingerprint density at radius 3 is 2.86 bits per heavy atom. The summed E-state index contributed by atoms with van der Waals surface area (Å²) in [6, 6.07) is 4.42. The lowest BCUT2D eigenvalue weighted by Gasteiger charge is -2.12. The molecule has 0 saturated carbocycles. The molecular weight excluding hydrogens is 203 g/mol. The number of halogens is 2. The van der Waals surface area contributed by atoms with Crippen LogP contribution in [0.1, 0.15) is 18.5 Å². The van der Waals surface area contributed by atoms with Crippen LogP contribution in [0.4, 0.5) is 4.39 Å². The molecule has 0 aliphatic carbocycles. The zero-order chi connectivity index (χ0) is 10.6. The van der Waals surface area contributed by atoms with Crippen molar-refractivity contribution < 1.29 is 4.39 Å². The van der Waals surface area contributed by atoms with E-state index in [1.165, 1.54) is 6.07 Å². The molecule has 0 heterocycles. The second kappa shape index (κ2) is 5.29. The largest absolute Gasteiger partial charge is 0.323 e. The highest BCUT2D eigenvalue weighted by molar-refractivity contribution is 6.30. The number of hydrogen-bond acceptors (Lipinski definition) is 2. The van der Waals surface area contributed by atoms with Crippen LogP contribution < -0.4 is 11.1 Å². The Morgan fingerprint density at radius 2 is 2.29 bits per heavy atom. The van der Waals surface area contributed by atoms with Gasteiger partial charge in [0.25, 0.3) is 0 Å². The molecule has 0 fully saturated rings. The molecule has 1 atom stereocenters. The average Bonchev–Trinajstić information content (AvgIpc) is 2.18. The highest BCUT2D eigenvalue weighted by atomic mass is 35.5. The summed E-state index contributed by atoms with van der Waals surface area (Å²) in [5.41, 5.74) is 6.70. The first-order valence-electron chi connectivity index (χ1n) is 4.56. The van der Waals surface area contributed by atoms with Crippen LogP contribution in [-0.2, 0) is 0 Å². The van der Waals surface area contributed by atoms with Crippen molar-refractivity contribution in [3.8, 4) is 0 Å². The number of benzene rings is 1. The standard InChI is InChI=1S/C10H14ClFN2/c1-2-14-6-10(13)7-3-4-9(12)8(11)5-7/h3-5,10,14H,2,6,13H2,1H3/t10-/m1/s1. The first-order chi connectivity index (χ1) is 6.65. The van der Waals surface area contributed by atoms with Gasteiger partial charge in [-0.15, -0.1) is 0 Å². The lowest BCUT2D eigenvalue weighted by molar-refractivity contribution is 0.607. The minimum atomic E-state index is -0.411. The van der Waals surface area contributed by atoms with E-state index in [4.69, 9.17) is 17.3 Å². The summed E-state index contributed by atoms with van der Waals surface area (Å²) >= 11 is 5.64. The number of likely N-dealkylation sites (N-methyl/N-ethyl adjacent to an activating group) is 1. The number of rotatable bonds is 4. The van der Waals surface area contributed by atoms with E-state index in [1.54, 1.807) is 12.1 Å². The summed E-state index contributed by atoms with van der Waals surface area (Å²) in [7, 11) is 0. The molecule has 2 nitrogen and oxygen atoms in total. The van der Waals surface area contributed by atoms with Crippen LogP contribution in [-0.4, -0.2) is 13.1 Å². The molecule has 1 rings (SSSR count). The van der Waals surface area contributed by atoms with E-state index < -0.39 is 5.82 Å². The van der Waals surface area contributed by atoms with Gasteiger partial charge in [-0.25, -0.2) is 4.39 Å². The molecule has 3 N–H and O–H groups in total. The van der Waals surface area contributed by atoms with Crippen LogP contribution in [0.15, 0.2) is 18.2 Å². The van der Waals surface area contributed by atoms with Crippen molar-refractivity contribution in [2.75, 3.05) is 13.1 Å². The third-order valence-corrected chi connectivity index (χ3v) is 2.28. The maximum absolute atomic E-state index is 12.8. The van der Waals surface area contributed by atoms with Crippen molar-refractivity contribution in [2.24, 2.45) is 5.73 Å². The lowest BCUT2D eigenvalue weighted by Crippen LogP contribution is -2.26. The zero-order valence-electron chi connectivity index (χ0n) is 8.06. The quantitative estimate of drug-likeness (QED) is 0.809. The van der Waals surface area contributed by atoms with Crippen LogP contribution in [0.3, 0.4) is 0 Å². The molecular formula is C10H14ClFN2. The van der Waals surface area contributed by atoms with Gasteiger partial charge in [-0.05, 0) is 24.2 Å². The predicted octanol–water partition coefficient (Wildman–Crippen LogP) is 2.09. The normalized spacial score (nSPS) is 12.9. The Kier molecular flexibility index (Phi) is 4.32. The molecule has 4 heteroatoms. The minimum absolute atomic E-state index is 0.120. The van der Waals surface area contributed by atoms with Crippen molar-refractivity contribution >= 4 is 11.6 Å². The van der Waals surface area contributed by atoms with E-state index in [1.807, 2.05) is 6.92 Å². The lowest BCUT2D eigenvalue weighted by atomic mass is 10.1. The Balaban J connectivity index is 2.70. The molecule has 0 radical (unpaired) electrons. The van der Waals surface area contributed by atoms with Gasteiger partial charge in [-0.2, -0.15) is 0 Å². The second-order valence-electron chi connectivity index (χ2n) is 3.09. The van der Waals surface area contributed by atoms with Crippen molar-refractivity contribution in [2.45, 2.75) is 13.0 Å². The van der Waals surface area contributed by atoms with Crippen LogP contribution in [0, 0.1) is 5.82 Å². The van der Waals surface area contributed by atoms with Gasteiger partial charge in [0.05, 0.1) is 5.02 Å². The molecule has 0 aliphatic rings. The molecule has 0 spiro atoms. The molecule has 0 aromatic heterocycles. The number of nitrogens with two attached hydrogens (primary N) is 1. The first-order valence-corrected chi connectivity index (χ1v) is 4.94. The van der Waals surface area contributed by atoms with Gasteiger partial charge in [0.15, 0.2) is 0 Å². The van der Waals surface area contributed by atoms with Crippen molar-refractivity contribution in [1.29, 1.82) is 0 Å². The van der Waals surface area contributed by atoms with Crippen LogP contribution in [0.2, 0.25) is 5.02 Å². The van der Waals surface area contributed by atoms with Crippen molar-refractivity contribution in [3.05, 3.63) is 34.6 Å². The van der Waals surface area contributed by atoms with E-state index in [9.17, 15) is 4.39 Å². The monoisotopic (exact) mass is 216 g/mol. The van der Waals surface area contributed by atoms with Crippen LogP contribution in [0.25, 0.3) is 0 Å². The van der Waals surface area contributed by atoms with E-state index in [2.05, 4.69) is 5.32 Å². The summed E-state index contributed by atoms with van der Waals surface area (Å²) in [5, 5.41) is 3.24. The van der Waals surface area contributed by atoms with Gasteiger partial charge < -0.3 is 11.1 Å². The van der Waals surface area contributed by atoms with E-state index in [0.717, 1.165) is 12.1 Å². The maximum atomic E-state index is 12.8. The fourth-order valence-electron chi connectivity index (χ4n) is 1.16. The summed E-state index contributed by atoms with van der Waals surface area (Å²) in [6.45, 7) is 3.53. The summed E-state index contributed by atoms with van der Waals surface area (Å²) < 4.78 is 12.8. The van der Waals surface area contributed by atoms with Gasteiger partial charge >= 0.3 is 0 Å². The highest BCUT2D eigenvalue weighted by Crippen LogP contribution is 2.19. The third-order valence-electron chi connectivity index (χ3n) is 1.99. The summed E-state index contributed by atoms with van der Waals surface area (Å²) in [5.74, 6) is -0.411. The number of nitrogens with one attached hydrogen (secondary N) is 1. The Hall–Kier alpha value is -0.640. The van der Waals surface area contributed by atoms with Crippen molar-refractivity contribution in [3.63, 3.8) is 0 Å². The fraction of sp³-hybridized carbons (Fsp3) is 0.400. The smallest absolute Gasteiger partial charge is 0.141 e. The highest BCUT2D eigenvalue weighted by Gasteiger charge is 2.07. The number of hydrogen-bond donors (Lipinski definition) is 2. The molecule has 0 aliphatic heterocycles. The maximum Gasteiger partial charge on any atom is 0.141 e. The third kappa shape index (κ3) is 2.94. The second-order valence-corrected chi connectivity index (χ2v) is 3.49. The molecule has 0 saturated heterocycles. The minimum Gasteiger partial charge on any atom is -0.323 e. The van der Waals surface area contributed by atoms with Crippen molar-refractivity contribution in [1.82, 2.24) is 5.32 Å². The summed E-state index contributed by atoms with van der Waals surface area (Å²) in [4.78, 5) is 0. The molecule has 1 aromatic rings. The van der Waals surface area contributed by atoms with Gasteiger partial charge in [0.1, 0.15) is 5.82 Å². The topological polar surface area (TPSA) is 38.0 Å². The van der Waals surface area contributed by atoms with Crippen LogP contribution in [0.5, 0.6) is 0 Å². The molecule has 0 amide bonds. The van der Waals surface area contributed by atoms with E-state index in [-0.39, 0.29) is 11.1 Å². The molecule has 0 unspecified atom stereocenters. The fourth-order valence-corrected chi connectivity index (χ4v) is 1.35. The molecule has 14 heavy (non-hydrogen) atoms. The van der Waals surface area contributed by atoms with Gasteiger partial charge in [0, 0.05) is 12.6 Å². The Bertz CT molecular complexity index is 304. The average molecular weight is 217 g/mol. The predicted molar refractivity (Wildman–Crippen MR) is 56.9 cm³/mol. The first kappa shape index (κ1) is 11.4. The Labute approximate surface area is 88.2 Å². The molecule has 78 valence electrons. The zero-order valence-corrected chi connectivity index (χ0v) is 8.81.